The minimum Gasteiger partial charge on any atom is -0.492 e. The third-order valence-corrected chi connectivity index (χ3v) is 5.29. The van der Waals surface area contributed by atoms with Gasteiger partial charge in [0.05, 0.1) is 18.0 Å². The Morgan fingerprint density at radius 2 is 1.75 bits per heavy atom. The molecule has 0 fully saturated rings. The van der Waals surface area contributed by atoms with Crippen LogP contribution in [0.5, 0.6) is 5.75 Å². The van der Waals surface area contributed by atoms with Crippen LogP contribution in [-0.2, 0) is 11.2 Å². The monoisotopic (exact) mass is 523 g/mol. The molecule has 7 nitrogen and oxygen atoms in total. The topological polar surface area (TPSA) is 92.9 Å². The van der Waals surface area contributed by atoms with E-state index >= 15 is 0 Å². The smallest absolute Gasteiger partial charge is 0.460 e. The first-order valence-corrected chi connectivity index (χ1v) is 10.6. The van der Waals surface area contributed by atoms with Crippen molar-refractivity contribution >= 4 is 23.2 Å². The number of aryl methyl sites for hydroxylation is 1. The standard InChI is InChI=1S/C22H20F7N3O4/c1-3-35-14-9-5-4-7-12(14)30-18(33)17-11(2)16-13(8-6-10-15(16)36-17)31-32-19(34)20(23,24)21(25,26)22(27,28)29/h4-5,7,9H,3,6,8,10H2,1-2H3,(H,30,33)(H,32,34)/b31-13+. The number of ether oxygens (including phenoxy) is 1. The Kier molecular flexibility index (Phi) is 7.37. The maximum Gasteiger partial charge on any atom is 0.460 e. The summed E-state index contributed by atoms with van der Waals surface area (Å²) in [5.74, 6) is -15.9. The van der Waals surface area contributed by atoms with Gasteiger partial charge in [0.25, 0.3) is 5.91 Å². The summed E-state index contributed by atoms with van der Waals surface area (Å²) in [6.07, 6.45) is -6.00. The average molecular weight is 523 g/mol. The summed E-state index contributed by atoms with van der Waals surface area (Å²) in [6.45, 7) is 3.53. The third-order valence-electron chi connectivity index (χ3n) is 5.29. The first kappa shape index (κ1) is 27.0. The Hall–Kier alpha value is -3.58. The Balaban J connectivity index is 1.86. The third kappa shape index (κ3) is 4.88. The van der Waals surface area contributed by atoms with Crippen molar-refractivity contribution in [1.29, 1.82) is 0 Å². The van der Waals surface area contributed by atoms with E-state index in [1.807, 2.05) is 0 Å². The first-order valence-electron chi connectivity index (χ1n) is 10.6. The molecule has 36 heavy (non-hydrogen) atoms. The van der Waals surface area contributed by atoms with Gasteiger partial charge in [-0.3, -0.25) is 9.59 Å². The molecule has 1 aromatic heterocycles. The van der Waals surface area contributed by atoms with Gasteiger partial charge < -0.3 is 14.5 Å². The number of amides is 2. The lowest BCUT2D eigenvalue weighted by Gasteiger charge is -2.26. The zero-order valence-electron chi connectivity index (χ0n) is 18.9. The number of furan rings is 1. The van der Waals surface area contributed by atoms with Crippen molar-refractivity contribution in [3.05, 3.63) is 46.9 Å². The van der Waals surface area contributed by atoms with E-state index in [9.17, 15) is 40.3 Å². The summed E-state index contributed by atoms with van der Waals surface area (Å²) in [5.41, 5.74) is 1.69. The van der Waals surface area contributed by atoms with Crippen molar-refractivity contribution < 1.29 is 49.5 Å². The van der Waals surface area contributed by atoms with Crippen LogP contribution in [0.3, 0.4) is 0 Å². The summed E-state index contributed by atoms with van der Waals surface area (Å²) >= 11 is 0. The van der Waals surface area contributed by atoms with Gasteiger partial charge in [-0.25, -0.2) is 5.43 Å². The Labute approximate surface area is 199 Å². The molecule has 2 aromatic rings. The van der Waals surface area contributed by atoms with E-state index in [0.29, 0.717) is 30.9 Å². The van der Waals surface area contributed by atoms with Crippen molar-refractivity contribution in [2.24, 2.45) is 5.10 Å². The predicted octanol–water partition coefficient (Wildman–Crippen LogP) is 5.23. The maximum atomic E-state index is 13.6. The highest BCUT2D eigenvalue weighted by atomic mass is 19.4. The summed E-state index contributed by atoms with van der Waals surface area (Å²) in [5, 5.41) is 5.99. The lowest BCUT2D eigenvalue weighted by molar-refractivity contribution is -0.344. The van der Waals surface area contributed by atoms with Crippen molar-refractivity contribution in [3.8, 4) is 5.75 Å². The van der Waals surface area contributed by atoms with Gasteiger partial charge in [0.2, 0.25) is 0 Å². The summed E-state index contributed by atoms with van der Waals surface area (Å²) in [6, 6.07) is 6.57. The number of halogens is 7. The number of anilines is 1. The van der Waals surface area contributed by atoms with E-state index in [0.717, 1.165) is 5.43 Å². The fraction of sp³-hybridized carbons (Fsp3) is 0.409. The molecule has 0 spiro atoms. The SMILES string of the molecule is CCOc1ccccc1NC(=O)c1oc2c(c1C)/C(=N/NC(=O)C(F)(F)C(F)(F)C(F)(F)F)CCC2. The van der Waals surface area contributed by atoms with Crippen LogP contribution in [0.4, 0.5) is 36.4 Å². The number of nitrogens with zero attached hydrogens (tertiary/aromatic N) is 1. The molecule has 196 valence electrons. The van der Waals surface area contributed by atoms with Gasteiger partial charge in [0.15, 0.2) is 5.76 Å². The van der Waals surface area contributed by atoms with Gasteiger partial charge >= 0.3 is 23.9 Å². The maximum absolute atomic E-state index is 13.6. The number of carbonyl (C=O) groups excluding carboxylic acids is 2. The minimum atomic E-state index is -6.66. The summed E-state index contributed by atoms with van der Waals surface area (Å²) < 4.78 is 101. The number of rotatable bonds is 7. The van der Waals surface area contributed by atoms with Crippen molar-refractivity contribution in [2.75, 3.05) is 11.9 Å². The molecule has 1 heterocycles. The number of fused-ring (bicyclic) bond motifs is 1. The van der Waals surface area contributed by atoms with E-state index in [1.165, 1.54) is 6.92 Å². The molecule has 0 aliphatic heterocycles. The Morgan fingerprint density at radius 1 is 1.08 bits per heavy atom. The van der Waals surface area contributed by atoms with E-state index in [1.54, 1.807) is 31.2 Å². The molecular weight excluding hydrogens is 503 g/mol. The van der Waals surface area contributed by atoms with Crippen molar-refractivity contribution in [3.63, 3.8) is 0 Å². The lowest BCUT2D eigenvalue weighted by Crippen LogP contribution is -2.58. The van der Waals surface area contributed by atoms with Gasteiger partial charge in [-0.05, 0) is 38.8 Å². The number of hydrogen-bond donors (Lipinski definition) is 2. The molecule has 0 unspecified atom stereocenters. The van der Waals surface area contributed by atoms with Gasteiger partial charge in [0.1, 0.15) is 11.5 Å². The largest absolute Gasteiger partial charge is 0.492 e. The van der Waals surface area contributed by atoms with Crippen molar-refractivity contribution in [1.82, 2.24) is 5.43 Å². The van der Waals surface area contributed by atoms with Crippen molar-refractivity contribution in [2.45, 2.75) is 51.1 Å². The molecule has 1 aromatic carbocycles. The highest BCUT2D eigenvalue weighted by molar-refractivity contribution is 6.09. The molecule has 2 amide bonds. The molecular formula is C22H20F7N3O4. The molecule has 1 aliphatic carbocycles. The number of benzene rings is 1. The Morgan fingerprint density at radius 3 is 2.39 bits per heavy atom. The van der Waals surface area contributed by atoms with Crippen LogP contribution in [0.2, 0.25) is 0 Å². The zero-order chi connectivity index (χ0) is 26.9. The minimum absolute atomic E-state index is 0.0448. The van der Waals surface area contributed by atoms with Gasteiger partial charge in [-0.1, -0.05) is 12.1 Å². The second kappa shape index (κ2) is 9.82. The van der Waals surface area contributed by atoms with Gasteiger partial charge in [-0.15, -0.1) is 0 Å². The molecule has 0 saturated carbocycles. The number of hydrogen-bond acceptors (Lipinski definition) is 5. The van der Waals surface area contributed by atoms with E-state index < -0.39 is 29.8 Å². The van der Waals surface area contributed by atoms with Crippen LogP contribution in [0, 0.1) is 6.92 Å². The van der Waals surface area contributed by atoms with Crippen LogP contribution in [0.15, 0.2) is 33.8 Å². The average Bonchev–Trinajstić information content (AvgIpc) is 3.15. The molecule has 0 bridgehead atoms. The normalized spacial score (nSPS) is 15.4. The second-order valence-corrected chi connectivity index (χ2v) is 7.74. The quantitative estimate of drug-likeness (QED) is 0.384. The van der Waals surface area contributed by atoms with Gasteiger partial charge in [0, 0.05) is 17.5 Å². The van der Waals surface area contributed by atoms with E-state index in [-0.39, 0.29) is 34.8 Å². The number of para-hydroxylation sites is 2. The number of hydrazone groups is 1. The number of carbonyl (C=O) groups is 2. The summed E-state index contributed by atoms with van der Waals surface area (Å²) in [4.78, 5) is 24.4. The molecule has 0 radical (unpaired) electrons. The van der Waals surface area contributed by atoms with E-state index in [4.69, 9.17) is 9.15 Å². The van der Waals surface area contributed by atoms with Crippen LogP contribution in [0.1, 0.15) is 47.2 Å². The molecule has 14 heteroatoms. The second-order valence-electron chi connectivity index (χ2n) is 7.74. The van der Waals surface area contributed by atoms with Gasteiger partial charge in [-0.2, -0.15) is 35.8 Å². The summed E-state index contributed by atoms with van der Waals surface area (Å²) in [7, 11) is 0. The molecule has 3 rings (SSSR count). The lowest BCUT2D eigenvalue weighted by atomic mass is 9.93. The first-order chi connectivity index (χ1) is 16.7. The molecule has 0 atom stereocenters. The molecule has 0 saturated heterocycles. The van der Waals surface area contributed by atoms with Crippen LogP contribution < -0.4 is 15.5 Å². The predicted molar refractivity (Wildman–Crippen MR) is 113 cm³/mol. The molecule has 1 aliphatic rings. The number of alkyl halides is 7. The number of nitrogens with one attached hydrogen (secondary N) is 2. The van der Waals surface area contributed by atoms with Crippen LogP contribution in [0.25, 0.3) is 0 Å². The van der Waals surface area contributed by atoms with Crippen LogP contribution in [-0.4, -0.2) is 42.2 Å². The highest BCUT2D eigenvalue weighted by Crippen LogP contribution is 2.46. The fourth-order valence-corrected chi connectivity index (χ4v) is 3.54. The zero-order valence-corrected chi connectivity index (χ0v) is 18.9. The highest BCUT2D eigenvalue weighted by Gasteiger charge is 2.76. The fourth-order valence-electron chi connectivity index (χ4n) is 3.54. The Bertz CT molecular complexity index is 1190. The molecule has 2 N–H and O–H groups in total. The van der Waals surface area contributed by atoms with Crippen LogP contribution >= 0.6 is 0 Å². The van der Waals surface area contributed by atoms with E-state index in [2.05, 4.69) is 10.4 Å².